The van der Waals surface area contributed by atoms with Gasteiger partial charge in [0.05, 0.1) is 11.8 Å². The highest BCUT2D eigenvalue weighted by atomic mass is 19.4. The van der Waals surface area contributed by atoms with E-state index in [2.05, 4.69) is 10.4 Å². The van der Waals surface area contributed by atoms with Gasteiger partial charge in [-0.05, 0) is 38.3 Å². The van der Waals surface area contributed by atoms with Crippen LogP contribution in [0.3, 0.4) is 0 Å². The molecule has 6 heteroatoms. The van der Waals surface area contributed by atoms with Crippen LogP contribution in [-0.2, 0) is 12.7 Å². The molecule has 1 fully saturated rings. The van der Waals surface area contributed by atoms with Gasteiger partial charge in [0.15, 0.2) is 0 Å². The number of aryl methyl sites for hydroxylation is 1. The first-order valence-corrected chi connectivity index (χ1v) is 5.86. The summed E-state index contributed by atoms with van der Waals surface area (Å²) in [6.07, 6.45) is 0.804. The summed E-state index contributed by atoms with van der Waals surface area (Å²) in [6, 6.07) is 0. The van der Waals surface area contributed by atoms with E-state index in [-0.39, 0.29) is 0 Å². The third-order valence-corrected chi connectivity index (χ3v) is 3.19. The Kier molecular flexibility index (Phi) is 3.71. The van der Waals surface area contributed by atoms with E-state index in [1.807, 2.05) is 0 Å². The third-order valence-electron chi connectivity index (χ3n) is 3.19. The molecule has 1 N–H and O–H groups in total. The monoisotopic (exact) mass is 247 g/mol. The first-order chi connectivity index (χ1) is 8.05. The normalized spacial score (nSPS) is 18.5. The summed E-state index contributed by atoms with van der Waals surface area (Å²) in [5, 5.41) is 7.01. The van der Waals surface area contributed by atoms with Crippen molar-refractivity contribution in [3.8, 4) is 0 Å². The molecule has 0 aromatic carbocycles. The van der Waals surface area contributed by atoms with E-state index in [1.165, 1.54) is 4.68 Å². The van der Waals surface area contributed by atoms with Crippen LogP contribution in [0, 0.1) is 5.92 Å². The average Bonchev–Trinajstić information content (AvgIpc) is 2.76. The fourth-order valence-electron chi connectivity index (χ4n) is 2.12. The van der Waals surface area contributed by atoms with Gasteiger partial charge >= 0.3 is 6.18 Å². The molecule has 0 spiro atoms. The standard InChI is InChI=1S/C11H16F3N3/c12-11(13,14)10-7-16-17(8-10)6-3-9-1-4-15-5-2-9/h7-9,15H,1-6H2. The van der Waals surface area contributed by atoms with Gasteiger partial charge in [-0.3, -0.25) is 4.68 Å². The summed E-state index contributed by atoms with van der Waals surface area (Å²) in [6.45, 7) is 2.59. The molecule has 0 aliphatic carbocycles. The van der Waals surface area contributed by atoms with Crippen molar-refractivity contribution in [1.29, 1.82) is 0 Å². The molecule has 0 unspecified atom stereocenters. The number of aromatic nitrogens is 2. The van der Waals surface area contributed by atoms with Crippen molar-refractivity contribution in [1.82, 2.24) is 15.1 Å². The SMILES string of the molecule is FC(F)(F)c1cnn(CCC2CCNCC2)c1. The smallest absolute Gasteiger partial charge is 0.317 e. The van der Waals surface area contributed by atoms with Gasteiger partial charge in [-0.15, -0.1) is 0 Å². The van der Waals surface area contributed by atoms with Crippen LogP contribution in [0.2, 0.25) is 0 Å². The number of nitrogens with one attached hydrogen (secondary N) is 1. The molecule has 0 atom stereocenters. The van der Waals surface area contributed by atoms with Gasteiger partial charge in [0.25, 0.3) is 0 Å². The van der Waals surface area contributed by atoms with E-state index in [0.29, 0.717) is 12.5 Å². The van der Waals surface area contributed by atoms with Crippen molar-refractivity contribution >= 4 is 0 Å². The highest BCUT2D eigenvalue weighted by Gasteiger charge is 2.32. The van der Waals surface area contributed by atoms with Crippen LogP contribution in [0.5, 0.6) is 0 Å². The molecule has 1 aromatic heterocycles. The Labute approximate surface area is 98.0 Å². The minimum absolute atomic E-state index is 0.570. The van der Waals surface area contributed by atoms with Gasteiger partial charge in [0.2, 0.25) is 0 Å². The molecule has 0 saturated carbocycles. The highest BCUT2D eigenvalue weighted by molar-refractivity contribution is 5.08. The maximum atomic E-state index is 12.3. The summed E-state index contributed by atoms with van der Waals surface area (Å²) < 4.78 is 38.4. The topological polar surface area (TPSA) is 29.9 Å². The molecule has 3 nitrogen and oxygen atoms in total. The van der Waals surface area contributed by atoms with Gasteiger partial charge in [-0.25, -0.2) is 0 Å². The van der Waals surface area contributed by atoms with Gasteiger partial charge in [0.1, 0.15) is 0 Å². The molecule has 2 heterocycles. The molecule has 0 amide bonds. The molecule has 96 valence electrons. The Bertz CT molecular complexity index is 353. The molecule has 0 radical (unpaired) electrons. The lowest BCUT2D eigenvalue weighted by molar-refractivity contribution is -0.137. The summed E-state index contributed by atoms with van der Waals surface area (Å²) in [4.78, 5) is 0. The van der Waals surface area contributed by atoms with Crippen molar-refractivity contribution in [2.24, 2.45) is 5.92 Å². The van der Waals surface area contributed by atoms with E-state index in [0.717, 1.165) is 44.7 Å². The largest absolute Gasteiger partial charge is 0.419 e. The van der Waals surface area contributed by atoms with Crippen molar-refractivity contribution in [2.45, 2.75) is 32.0 Å². The quantitative estimate of drug-likeness (QED) is 0.888. The van der Waals surface area contributed by atoms with E-state index in [9.17, 15) is 13.2 Å². The van der Waals surface area contributed by atoms with Crippen LogP contribution in [0.1, 0.15) is 24.8 Å². The van der Waals surface area contributed by atoms with Crippen LogP contribution >= 0.6 is 0 Å². The van der Waals surface area contributed by atoms with Crippen LogP contribution in [0.15, 0.2) is 12.4 Å². The van der Waals surface area contributed by atoms with Crippen LogP contribution < -0.4 is 5.32 Å². The average molecular weight is 247 g/mol. The molecular weight excluding hydrogens is 231 g/mol. The number of hydrogen-bond acceptors (Lipinski definition) is 2. The first-order valence-electron chi connectivity index (χ1n) is 5.86. The molecule has 2 rings (SSSR count). The zero-order valence-electron chi connectivity index (χ0n) is 9.50. The Hall–Kier alpha value is -1.04. The zero-order valence-corrected chi connectivity index (χ0v) is 9.50. The number of hydrogen-bond donors (Lipinski definition) is 1. The van der Waals surface area contributed by atoms with Crippen LogP contribution in [-0.4, -0.2) is 22.9 Å². The third kappa shape index (κ3) is 3.46. The fraction of sp³-hybridized carbons (Fsp3) is 0.727. The van der Waals surface area contributed by atoms with Gasteiger partial charge in [-0.2, -0.15) is 18.3 Å². The van der Waals surface area contributed by atoms with Crippen molar-refractivity contribution in [3.63, 3.8) is 0 Å². The highest BCUT2D eigenvalue weighted by Crippen LogP contribution is 2.28. The second kappa shape index (κ2) is 5.08. The van der Waals surface area contributed by atoms with Crippen LogP contribution in [0.25, 0.3) is 0 Å². The Morgan fingerprint density at radius 3 is 2.65 bits per heavy atom. The predicted molar refractivity (Wildman–Crippen MR) is 57.4 cm³/mol. The van der Waals surface area contributed by atoms with Gasteiger partial charge in [-0.1, -0.05) is 0 Å². The van der Waals surface area contributed by atoms with Crippen LogP contribution in [0.4, 0.5) is 13.2 Å². The second-order valence-electron chi connectivity index (χ2n) is 4.47. The predicted octanol–water partition coefficient (Wildman–Crippen LogP) is 2.29. The lowest BCUT2D eigenvalue weighted by atomic mass is 9.95. The second-order valence-corrected chi connectivity index (χ2v) is 4.47. The zero-order chi connectivity index (χ0) is 12.3. The van der Waals surface area contributed by atoms with E-state index in [4.69, 9.17) is 0 Å². The van der Waals surface area contributed by atoms with Crippen molar-refractivity contribution in [3.05, 3.63) is 18.0 Å². The Morgan fingerprint density at radius 1 is 1.35 bits per heavy atom. The first kappa shape index (κ1) is 12.4. The molecule has 0 bridgehead atoms. The summed E-state index contributed by atoms with van der Waals surface area (Å²) in [5.74, 6) is 0.606. The van der Waals surface area contributed by atoms with E-state index in [1.54, 1.807) is 0 Å². The van der Waals surface area contributed by atoms with Crippen molar-refractivity contribution < 1.29 is 13.2 Å². The molecule has 1 aromatic rings. The number of nitrogens with zero attached hydrogens (tertiary/aromatic N) is 2. The van der Waals surface area contributed by atoms with E-state index < -0.39 is 11.7 Å². The van der Waals surface area contributed by atoms with E-state index >= 15 is 0 Å². The summed E-state index contributed by atoms with van der Waals surface area (Å²) in [5.41, 5.74) is -0.664. The lowest BCUT2D eigenvalue weighted by Gasteiger charge is -2.22. The maximum absolute atomic E-state index is 12.3. The van der Waals surface area contributed by atoms with Crippen molar-refractivity contribution in [2.75, 3.05) is 13.1 Å². The molecular formula is C11H16F3N3. The molecule has 1 saturated heterocycles. The Balaban J connectivity index is 1.84. The maximum Gasteiger partial charge on any atom is 0.419 e. The number of rotatable bonds is 3. The number of piperidine rings is 1. The van der Waals surface area contributed by atoms with Gasteiger partial charge < -0.3 is 5.32 Å². The molecule has 17 heavy (non-hydrogen) atoms. The fourth-order valence-corrected chi connectivity index (χ4v) is 2.12. The van der Waals surface area contributed by atoms with Gasteiger partial charge in [0, 0.05) is 12.7 Å². The minimum Gasteiger partial charge on any atom is -0.317 e. The lowest BCUT2D eigenvalue weighted by Crippen LogP contribution is -2.28. The molecule has 1 aliphatic heterocycles. The minimum atomic E-state index is -4.28. The Morgan fingerprint density at radius 2 is 2.06 bits per heavy atom. The molecule has 1 aliphatic rings. The number of halogens is 3. The summed E-state index contributed by atoms with van der Waals surface area (Å²) in [7, 11) is 0. The summed E-state index contributed by atoms with van der Waals surface area (Å²) >= 11 is 0. The number of alkyl halides is 3.